The molecule has 18 heavy (non-hydrogen) atoms. The minimum Gasteiger partial charge on any atom is -0.307 e. The van der Waals surface area contributed by atoms with Gasteiger partial charge in [-0.15, -0.1) is 12.4 Å². The van der Waals surface area contributed by atoms with Crippen LogP contribution in [0.15, 0.2) is 18.5 Å². The lowest BCUT2D eigenvalue weighted by atomic mass is 9.93. The molecule has 0 aromatic carbocycles. The molecule has 1 saturated heterocycles. The number of pyridine rings is 1. The first-order valence-corrected chi connectivity index (χ1v) is 6.58. The van der Waals surface area contributed by atoms with Crippen LogP contribution in [0.4, 0.5) is 0 Å². The van der Waals surface area contributed by atoms with Crippen molar-refractivity contribution in [3.63, 3.8) is 0 Å². The van der Waals surface area contributed by atoms with Gasteiger partial charge in [0.05, 0.1) is 6.04 Å². The van der Waals surface area contributed by atoms with Gasteiger partial charge in [0, 0.05) is 18.0 Å². The van der Waals surface area contributed by atoms with E-state index in [-0.39, 0.29) is 24.2 Å². The lowest BCUT2D eigenvalue weighted by Gasteiger charge is -2.23. The van der Waals surface area contributed by atoms with Crippen molar-refractivity contribution >= 4 is 18.2 Å². The number of carbonyl (C=O) groups excluding carboxylic acids is 1. The largest absolute Gasteiger partial charge is 0.307 e. The molecule has 1 N–H and O–H groups in total. The molecule has 4 heteroatoms. The number of halogens is 1. The van der Waals surface area contributed by atoms with Gasteiger partial charge in [-0.1, -0.05) is 6.42 Å². The van der Waals surface area contributed by atoms with E-state index in [4.69, 9.17) is 0 Å². The number of hydrogen-bond donors (Lipinski definition) is 1. The summed E-state index contributed by atoms with van der Waals surface area (Å²) < 4.78 is 0. The Kier molecular flexibility index (Phi) is 4.36. The van der Waals surface area contributed by atoms with Crippen molar-refractivity contribution in [2.75, 3.05) is 6.54 Å². The zero-order chi connectivity index (χ0) is 11.7. The summed E-state index contributed by atoms with van der Waals surface area (Å²) in [5.74, 6) is 0.861. The first-order valence-electron chi connectivity index (χ1n) is 6.58. The molecule has 1 aromatic rings. The highest BCUT2D eigenvalue weighted by molar-refractivity contribution is 6.01. The number of aromatic nitrogens is 1. The van der Waals surface area contributed by atoms with E-state index in [2.05, 4.69) is 10.3 Å². The second-order valence-electron chi connectivity index (χ2n) is 5.10. The molecule has 0 spiro atoms. The summed E-state index contributed by atoms with van der Waals surface area (Å²) in [7, 11) is 0. The van der Waals surface area contributed by atoms with Crippen LogP contribution in [0.5, 0.6) is 0 Å². The number of carbonyl (C=O) groups is 1. The number of hydrogen-bond acceptors (Lipinski definition) is 3. The van der Waals surface area contributed by atoms with Crippen LogP contribution in [0, 0.1) is 0 Å². The van der Waals surface area contributed by atoms with Crippen molar-refractivity contribution < 1.29 is 4.79 Å². The summed E-state index contributed by atoms with van der Waals surface area (Å²) in [5.41, 5.74) is 2.08. The Labute approximate surface area is 114 Å². The first kappa shape index (κ1) is 13.5. The summed E-state index contributed by atoms with van der Waals surface area (Å²) in [6, 6.07) is 2.04. The van der Waals surface area contributed by atoms with Gasteiger partial charge in [0.2, 0.25) is 0 Å². The zero-order valence-electron chi connectivity index (χ0n) is 10.4. The summed E-state index contributed by atoms with van der Waals surface area (Å²) in [4.78, 5) is 16.6. The first-order chi connectivity index (χ1) is 8.36. The lowest BCUT2D eigenvalue weighted by molar-refractivity contribution is 0.0926. The van der Waals surface area contributed by atoms with Crippen molar-refractivity contribution in [2.45, 2.75) is 44.1 Å². The van der Waals surface area contributed by atoms with Crippen LogP contribution in [0.2, 0.25) is 0 Å². The highest BCUT2D eigenvalue weighted by atomic mass is 35.5. The maximum Gasteiger partial charge on any atom is 0.181 e. The number of rotatable bonds is 3. The van der Waals surface area contributed by atoms with Crippen LogP contribution in [-0.2, 0) is 0 Å². The Morgan fingerprint density at radius 3 is 2.78 bits per heavy atom. The van der Waals surface area contributed by atoms with Crippen molar-refractivity contribution in [1.82, 2.24) is 10.3 Å². The average Bonchev–Trinajstić information content (AvgIpc) is 3.23. The molecule has 1 aliphatic heterocycles. The monoisotopic (exact) mass is 266 g/mol. The number of nitrogens with zero attached hydrogens (tertiary/aromatic N) is 1. The van der Waals surface area contributed by atoms with E-state index in [9.17, 15) is 4.79 Å². The third-order valence-corrected chi connectivity index (χ3v) is 3.76. The summed E-state index contributed by atoms with van der Waals surface area (Å²) in [6.45, 7) is 0.968. The second-order valence-corrected chi connectivity index (χ2v) is 5.10. The molecule has 0 bridgehead atoms. The minimum absolute atomic E-state index is 0. The molecule has 0 unspecified atom stereocenters. The quantitative estimate of drug-likeness (QED) is 0.856. The Bertz CT molecular complexity index is 426. The summed E-state index contributed by atoms with van der Waals surface area (Å²) in [6.07, 6.45) is 9.32. The fraction of sp³-hybridized carbons (Fsp3) is 0.571. The van der Waals surface area contributed by atoms with Gasteiger partial charge in [0.15, 0.2) is 5.78 Å². The van der Waals surface area contributed by atoms with E-state index in [0.717, 1.165) is 24.9 Å². The molecule has 0 radical (unpaired) electrons. The molecular weight excluding hydrogens is 248 g/mol. The molecule has 1 atom stereocenters. The number of nitrogens with one attached hydrogen (secondary N) is 1. The zero-order valence-corrected chi connectivity index (χ0v) is 11.2. The molecule has 2 aliphatic rings. The molecule has 1 aliphatic carbocycles. The van der Waals surface area contributed by atoms with Crippen molar-refractivity contribution in [3.05, 3.63) is 29.6 Å². The fourth-order valence-corrected chi connectivity index (χ4v) is 2.62. The van der Waals surface area contributed by atoms with E-state index in [1.165, 1.54) is 24.8 Å². The predicted octanol–water partition coefficient (Wildman–Crippen LogP) is 2.71. The Morgan fingerprint density at radius 1 is 1.28 bits per heavy atom. The standard InChI is InChI=1S/C14H18N2O.ClH/c17-14(13-3-1-2-7-16-13)12-9-15-8-6-11(12)10-4-5-10;/h6,8-10,13,16H,1-5,7H2;1H/t13-;/m1./s1. The van der Waals surface area contributed by atoms with Crippen LogP contribution < -0.4 is 5.32 Å². The van der Waals surface area contributed by atoms with Crippen molar-refractivity contribution in [1.29, 1.82) is 0 Å². The highest BCUT2D eigenvalue weighted by Gasteiger charge is 2.30. The molecule has 3 nitrogen and oxygen atoms in total. The van der Waals surface area contributed by atoms with Crippen LogP contribution in [0.3, 0.4) is 0 Å². The number of piperidine rings is 1. The molecule has 1 aromatic heterocycles. The average molecular weight is 267 g/mol. The molecular formula is C14H19ClN2O. The van der Waals surface area contributed by atoms with Crippen molar-refractivity contribution in [2.24, 2.45) is 0 Å². The normalized spacial score (nSPS) is 23.2. The molecule has 2 heterocycles. The molecule has 0 amide bonds. The second kappa shape index (κ2) is 5.81. The van der Waals surface area contributed by atoms with Gasteiger partial charge in [-0.3, -0.25) is 9.78 Å². The maximum absolute atomic E-state index is 12.5. The van der Waals surface area contributed by atoms with Gasteiger partial charge in [0.25, 0.3) is 0 Å². The fourth-order valence-electron chi connectivity index (χ4n) is 2.62. The molecule has 1 saturated carbocycles. The topological polar surface area (TPSA) is 42.0 Å². The van der Waals surface area contributed by atoms with E-state index in [1.807, 2.05) is 6.07 Å². The SMILES string of the molecule is Cl.O=C(c1cnccc1C1CC1)[C@H]1CCCCN1. The third-order valence-electron chi connectivity index (χ3n) is 3.76. The Morgan fingerprint density at radius 2 is 2.11 bits per heavy atom. The van der Waals surface area contributed by atoms with Gasteiger partial charge >= 0.3 is 0 Å². The van der Waals surface area contributed by atoms with E-state index < -0.39 is 0 Å². The van der Waals surface area contributed by atoms with Crippen molar-refractivity contribution in [3.8, 4) is 0 Å². The minimum atomic E-state index is 0. The smallest absolute Gasteiger partial charge is 0.181 e. The van der Waals surface area contributed by atoms with Crippen LogP contribution in [0.25, 0.3) is 0 Å². The highest BCUT2D eigenvalue weighted by Crippen LogP contribution is 2.41. The molecule has 2 fully saturated rings. The Balaban J connectivity index is 0.00000120. The van der Waals surface area contributed by atoms with Crippen LogP contribution in [-0.4, -0.2) is 23.4 Å². The third kappa shape index (κ3) is 2.73. The van der Waals surface area contributed by atoms with Gasteiger partial charge in [-0.2, -0.15) is 0 Å². The van der Waals surface area contributed by atoms with Crippen LogP contribution >= 0.6 is 12.4 Å². The van der Waals surface area contributed by atoms with Crippen LogP contribution in [0.1, 0.15) is 53.9 Å². The molecule has 98 valence electrons. The van der Waals surface area contributed by atoms with E-state index in [0.29, 0.717) is 5.92 Å². The lowest BCUT2D eigenvalue weighted by Crippen LogP contribution is -2.40. The summed E-state index contributed by atoms with van der Waals surface area (Å²) >= 11 is 0. The van der Waals surface area contributed by atoms with E-state index in [1.54, 1.807) is 12.4 Å². The summed E-state index contributed by atoms with van der Waals surface area (Å²) in [5, 5.41) is 3.33. The van der Waals surface area contributed by atoms with Gasteiger partial charge < -0.3 is 5.32 Å². The van der Waals surface area contributed by atoms with Gasteiger partial charge in [-0.05, 0) is 49.8 Å². The van der Waals surface area contributed by atoms with E-state index >= 15 is 0 Å². The molecule has 3 rings (SSSR count). The van der Waals surface area contributed by atoms with Gasteiger partial charge in [-0.25, -0.2) is 0 Å². The van der Waals surface area contributed by atoms with Gasteiger partial charge in [0.1, 0.15) is 0 Å². The number of Topliss-reactive ketones (excluding diaryl/α,β-unsaturated/α-hetero) is 1. The Hall–Kier alpha value is -0.930. The predicted molar refractivity (Wildman–Crippen MR) is 73.4 cm³/mol. The maximum atomic E-state index is 12.5. The number of ketones is 1.